The number of ether oxygens (including phenoxy) is 1. The minimum Gasteiger partial charge on any atom is -0.497 e. The summed E-state index contributed by atoms with van der Waals surface area (Å²) >= 11 is 0.943. The van der Waals surface area contributed by atoms with Gasteiger partial charge in [0.1, 0.15) is 15.7 Å². The maximum atomic E-state index is 13.0. The van der Waals surface area contributed by atoms with E-state index in [9.17, 15) is 21.6 Å². The second-order valence-electron chi connectivity index (χ2n) is 6.82. The Kier molecular flexibility index (Phi) is 5.71. The molecule has 3 aromatic rings. The van der Waals surface area contributed by atoms with Crippen LogP contribution < -0.4 is 9.64 Å². The minimum absolute atomic E-state index is 0.0527. The summed E-state index contributed by atoms with van der Waals surface area (Å²) in [7, 11) is -2.17. The third-order valence-corrected chi connectivity index (χ3v) is 8.24. The quantitative estimate of drug-likeness (QED) is 0.559. The van der Waals surface area contributed by atoms with Crippen LogP contribution in [-0.2, 0) is 16.2 Å². The predicted octanol–water partition coefficient (Wildman–Crippen LogP) is 3.94. The lowest BCUT2D eigenvalue weighted by Crippen LogP contribution is -2.48. The molecule has 0 atom stereocenters. The number of benzene rings is 1. The van der Waals surface area contributed by atoms with Gasteiger partial charge in [-0.15, -0.1) is 11.3 Å². The zero-order valence-corrected chi connectivity index (χ0v) is 17.9. The Morgan fingerprint density at radius 3 is 2.35 bits per heavy atom. The molecule has 0 unspecified atom stereocenters. The zero-order chi connectivity index (χ0) is 22.2. The van der Waals surface area contributed by atoms with Gasteiger partial charge in [-0.2, -0.15) is 17.5 Å². The lowest BCUT2D eigenvalue weighted by atomic mass is 10.2. The van der Waals surface area contributed by atoms with Crippen molar-refractivity contribution in [2.75, 3.05) is 38.2 Å². The molecule has 1 aromatic carbocycles. The maximum absolute atomic E-state index is 13.0. The molecule has 1 aliphatic rings. The largest absolute Gasteiger partial charge is 0.497 e. The molecule has 1 saturated heterocycles. The van der Waals surface area contributed by atoms with Gasteiger partial charge in [0.25, 0.3) is 10.0 Å². The van der Waals surface area contributed by atoms with Crippen molar-refractivity contribution in [3.8, 4) is 17.0 Å². The van der Waals surface area contributed by atoms with Crippen LogP contribution in [0.3, 0.4) is 0 Å². The fourth-order valence-electron chi connectivity index (χ4n) is 3.24. The monoisotopic (exact) mass is 473 g/mol. The maximum Gasteiger partial charge on any atom is 0.452 e. The van der Waals surface area contributed by atoms with Crippen LogP contribution in [0, 0.1) is 0 Å². The molecule has 166 valence electrons. The van der Waals surface area contributed by atoms with Crippen molar-refractivity contribution in [2.45, 2.75) is 10.4 Å². The molecule has 0 aliphatic carbocycles. The van der Waals surface area contributed by atoms with E-state index in [1.807, 2.05) is 24.3 Å². The number of hydrogen-bond acceptors (Lipinski definition) is 7. The van der Waals surface area contributed by atoms with Gasteiger partial charge in [-0.3, -0.25) is 0 Å². The lowest BCUT2D eigenvalue weighted by molar-refractivity contribution is -0.155. The third kappa shape index (κ3) is 4.41. The van der Waals surface area contributed by atoms with E-state index in [4.69, 9.17) is 4.74 Å². The number of sulfonamides is 1. The first-order valence-electron chi connectivity index (χ1n) is 9.20. The highest BCUT2D eigenvalue weighted by atomic mass is 32.2. The molecule has 1 aliphatic heterocycles. The molecule has 0 amide bonds. The Hall–Kier alpha value is -2.57. The van der Waals surface area contributed by atoms with Crippen LogP contribution in [0.25, 0.3) is 11.3 Å². The van der Waals surface area contributed by atoms with E-state index in [0.717, 1.165) is 28.8 Å². The summed E-state index contributed by atoms with van der Waals surface area (Å²) in [5.41, 5.74) is 1.18. The summed E-state index contributed by atoms with van der Waals surface area (Å²) in [5.74, 6) is -0.485. The lowest BCUT2D eigenvalue weighted by Gasteiger charge is -2.35. The number of halogens is 3. The Morgan fingerprint density at radius 2 is 1.77 bits per heavy atom. The van der Waals surface area contributed by atoms with Crippen LogP contribution >= 0.6 is 11.3 Å². The summed E-state index contributed by atoms with van der Waals surface area (Å²) in [6.45, 7) is 1.62. The van der Waals surface area contributed by atoms with Gasteiger partial charge in [0, 0.05) is 48.9 Å². The van der Waals surface area contributed by atoms with Gasteiger partial charge < -0.3 is 14.2 Å². The predicted molar refractivity (Wildman–Crippen MR) is 109 cm³/mol. The van der Waals surface area contributed by atoms with Gasteiger partial charge in [0.2, 0.25) is 5.76 Å². The Labute approximate surface area is 180 Å². The van der Waals surface area contributed by atoms with Crippen molar-refractivity contribution >= 4 is 27.0 Å². The Bertz CT molecular complexity index is 1150. The number of rotatable bonds is 5. The van der Waals surface area contributed by atoms with Crippen LogP contribution in [0.1, 0.15) is 5.76 Å². The summed E-state index contributed by atoms with van der Waals surface area (Å²) in [6.07, 6.45) is -4.65. The molecule has 0 saturated carbocycles. The van der Waals surface area contributed by atoms with Crippen LogP contribution in [0.15, 0.2) is 50.5 Å². The average Bonchev–Trinajstić information content (AvgIpc) is 3.44. The normalized spacial score (nSPS) is 15.9. The molecular weight excluding hydrogens is 455 g/mol. The van der Waals surface area contributed by atoms with Crippen molar-refractivity contribution in [1.82, 2.24) is 9.46 Å². The van der Waals surface area contributed by atoms with Crippen molar-refractivity contribution in [2.24, 2.45) is 0 Å². The SMILES string of the molecule is COc1ccc(N2CCN(S(=O)(=O)c3cc(-c4cc(C(F)(F)F)on4)cs3)CC2)cc1. The van der Waals surface area contributed by atoms with E-state index in [1.165, 1.54) is 15.8 Å². The topological polar surface area (TPSA) is 75.9 Å². The Balaban J connectivity index is 1.45. The van der Waals surface area contributed by atoms with E-state index in [2.05, 4.69) is 14.6 Å². The van der Waals surface area contributed by atoms with Crippen LogP contribution in [0.5, 0.6) is 5.75 Å². The number of methoxy groups -OCH3 is 1. The molecule has 0 radical (unpaired) electrons. The second-order valence-corrected chi connectivity index (χ2v) is 9.89. The standard InChI is InChI=1S/C19H18F3N3O4S2/c1-28-15-4-2-14(3-5-15)24-6-8-25(9-7-24)31(26,27)18-10-13(12-30-18)16-11-17(29-23-16)19(20,21)22/h2-5,10-12H,6-9H2,1H3. The first kappa shape index (κ1) is 21.7. The van der Waals surface area contributed by atoms with E-state index < -0.39 is 22.0 Å². The highest BCUT2D eigenvalue weighted by molar-refractivity contribution is 7.91. The van der Waals surface area contributed by atoms with Crippen molar-refractivity contribution in [3.05, 3.63) is 47.5 Å². The van der Waals surface area contributed by atoms with Crippen LogP contribution in [0.4, 0.5) is 18.9 Å². The number of thiophene rings is 1. The molecule has 31 heavy (non-hydrogen) atoms. The van der Waals surface area contributed by atoms with Gasteiger partial charge in [-0.1, -0.05) is 5.16 Å². The summed E-state index contributed by atoms with van der Waals surface area (Å²) in [6, 6.07) is 9.61. The smallest absolute Gasteiger partial charge is 0.452 e. The van der Waals surface area contributed by atoms with Crippen molar-refractivity contribution in [3.63, 3.8) is 0 Å². The molecule has 12 heteroatoms. The fraction of sp³-hybridized carbons (Fsp3) is 0.316. The van der Waals surface area contributed by atoms with Crippen molar-refractivity contribution < 1.29 is 30.8 Å². The van der Waals surface area contributed by atoms with Gasteiger partial charge in [0.15, 0.2) is 0 Å². The molecule has 0 bridgehead atoms. The molecular formula is C19H18F3N3O4S2. The third-order valence-electron chi connectivity index (χ3n) is 4.93. The van der Waals surface area contributed by atoms with Crippen LogP contribution in [-0.4, -0.2) is 51.2 Å². The van der Waals surface area contributed by atoms with E-state index in [1.54, 1.807) is 7.11 Å². The number of nitrogens with zero attached hydrogens (tertiary/aromatic N) is 3. The molecule has 7 nitrogen and oxygen atoms in total. The molecule has 4 rings (SSSR count). The Morgan fingerprint density at radius 1 is 1.10 bits per heavy atom. The van der Waals surface area contributed by atoms with Gasteiger partial charge in [0.05, 0.1) is 7.11 Å². The zero-order valence-electron chi connectivity index (χ0n) is 16.3. The van der Waals surface area contributed by atoms with E-state index in [-0.39, 0.29) is 15.5 Å². The van der Waals surface area contributed by atoms with E-state index >= 15 is 0 Å². The number of piperazine rings is 1. The van der Waals surface area contributed by atoms with Crippen molar-refractivity contribution in [1.29, 1.82) is 0 Å². The molecule has 3 heterocycles. The van der Waals surface area contributed by atoms with Gasteiger partial charge >= 0.3 is 6.18 Å². The van der Waals surface area contributed by atoms with Gasteiger partial charge in [-0.25, -0.2) is 8.42 Å². The van der Waals surface area contributed by atoms with E-state index in [0.29, 0.717) is 26.2 Å². The minimum atomic E-state index is -4.65. The fourth-order valence-corrected chi connectivity index (χ4v) is 5.99. The first-order chi connectivity index (χ1) is 14.7. The highest BCUT2D eigenvalue weighted by Gasteiger charge is 2.36. The number of anilines is 1. The first-order valence-corrected chi connectivity index (χ1v) is 11.5. The summed E-state index contributed by atoms with van der Waals surface area (Å²) in [4.78, 5) is 2.08. The summed E-state index contributed by atoms with van der Waals surface area (Å²) in [5, 5.41) is 4.86. The average molecular weight is 473 g/mol. The number of alkyl halides is 3. The number of hydrogen-bond donors (Lipinski definition) is 0. The highest BCUT2D eigenvalue weighted by Crippen LogP contribution is 2.35. The second kappa shape index (κ2) is 8.17. The molecule has 0 spiro atoms. The number of aromatic nitrogens is 1. The molecule has 0 N–H and O–H groups in total. The summed E-state index contributed by atoms with van der Waals surface area (Å²) < 4.78 is 75.0. The molecule has 1 fully saturated rings. The van der Waals surface area contributed by atoms with Gasteiger partial charge in [-0.05, 0) is 30.3 Å². The molecule has 2 aromatic heterocycles. The van der Waals surface area contributed by atoms with Crippen LogP contribution in [0.2, 0.25) is 0 Å².